The van der Waals surface area contributed by atoms with Gasteiger partial charge in [0.25, 0.3) is 5.91 Å². The Bertz CT molecular complexity index is 653. The highest BCUT2D eigenvalue weighted by atomic mass is 16.5. The van der Waals surface area contributed by atoms with Gasteiger partial charge in [-0.3, -0.25) is 9.78 Å². The standard InChI is InChI=1S/C17H22N2O2/c1-12-6-7-16-14(10-12)11-15(13(2)18-16)17(20)19(3)8-5-9-21-4/h6-7,10-11H,5,8-9H2,1-4H3. The van der Waals surface area contributed by atoms with E-state index in [1.807, 2.05) is 39.1 Å². The van der Waals surface area contributed by atoms with Gasteiger partial charge in [0.2, 0.25) is 0 Å². The van der Waals surface area contributed by atoms with Crippen LogP contribution in [0.3, 0.4) is 0 Å². The summed E-state index contributed by atoms with van der Waals surface area (Å²) in [5, 5.41) is 1.01. The normalized spacial score (nSPS) is 10.9. The van der Waals surface area contributed by atoms with E-state index < -0.39 is 0 Å². The Hall–Kier alpha value is -1.94. The molecule has 0 bridgehead atoms. The fourth-order valence-electron chi connectivity index (χ4n) is 2.36. The van der Waals surface area contributed by atoms with Crippen LogP contribution in [0.2, 0.25) is 0 Å². The summed E-state index contributed by atoms with van der Waals surface area (Å²) >= 11 is 0. The van der Waals surface area contributed by atoms with Gasteiger partial charge in [-0.25, -0.2) is 0 Å². The second kappa shape index (κ2) is 6.68. The molecular weight excluding hydrogens is 264 g/mol. The Morgan fingerprint density at radius 2 is 2.05 bits per heavy atom. The molecule has 0 aliphatic heterocycles. The highest BCUT2D eigenvalue weighted by Crippen LogP contribution is 2.19. The number of carbonyl (C=O) groups is 1. The van der Waals surface area contributed by atoms with Gasteiger partial charge in [-0.1, -0.05) is 11.6 Å². The van der Waals surface area contributed by atoms with Crippen molar-refractivity contribution in [3.8, 4) is 0 Å². The average Bonchev–Trinajstić information content (AvgIpc) is 2.46. The van der Waals surface area contributed by atoms with E-state index in [4.69, 9.17) is 4.74 Å². The number of pyridine rings is 1. The van der Waals surface area contributed by atoms with Crippen molar-refractivity contribution in [1.29, 1.82) is 0 Å². The minimum atomic E-state index is 0.0134. The zero-order valence-corrected chi connectivity index (χ0v) is 13.1. The Kier molecular flexibility index (Phi) is 4.91. The van der Waals surface area contributed by atoms with Gasteiger partial charge in [0, 0.05) is 32.7 Å². The third-order valence-corrected chi connectivity index (χ3v) is 3.58. The van der Waals surface area contributed by atoms with E-state index in [1.54, 1.807) is 12.0 Å². The number of amides is 1. The van der Waals surface area contributed by atoms with Crippen molar-refractivity contribution in [2.24, 2.45) is 0 Å². The van der Waals surface area contributed by atoms with Crippen LogP contribution in [0.15, 0.2) is 24.3 Å². The molecular formula is C17H22N2O2. The van der Waals surface area contributed by atoms with Crippen LogP contribution < -0.4 is 0 Å². The van der Waals surface area contributed by atoms with Gasteiger partial charge in [0.1, 0.15) is 0 Å². The molecule has 0 unspecified atom stereocenters. The van der Waals surface area contributed by atoms with E-state index in [2.05, 4.69) is 11.1 Å². The smallest absolute Gasteiger partial charge is 0.255 e. The summed E-state index contributed by atoms with van der Waals surface area (Å²) in [6.07, 6.45) is 0.831. The first kappa shape index (κ1) is 15.4. The fourth-order valence-corrected chi connectivity index (χ4v) is 2.36. The highest BCUT2D eigenvalue weighted by Gasteiger charge is 2.15. The van der Waals surface area contributed by atoms with Crippen molar-refractivity contribution in [2.75, 3.05) is 27.3 Å². The van der Waals surface area contributed by atoms with Crippen LogP contribution in [0.5, 0.6) is 0 Å². The third-order valence-electron chi connectivity index (χ3n) is 3.58. The maximum absolute atomic E-state index is 12.5. The van der Waals surface area contributed by atoms with Crippen molar-refractivity contribution in [3.63, 3.8) is 0 Å². The Morgan fingerprint density at radius 1 is 1.29 bits per heavy atom. The largest absolute Gasteiger partial charge is 0.385 e. The molecule has 1 aromatic carbocycles. The van der Waals surface area contributed by atoms with Crippen LogP contribution in [-0.4, -0.2) is 43.1 Å². The summed E-state index contributed by atoms with van der Waals surface area (Å²) < 4.78 is 5.02. The highest BCUT2D eigenvalue weighted by molar-refractivity contribution is 5.98. The molecule has 0 spiro atoms. The molecule has 0 saturated heterocycles. The maximum Gasteiger partial charge on any atom is 0.255 e. The maximum atomic E-state index is 12.5. The molecule has 21 heavy (non-hydrogen) atoms. The number of carbonyl (C=O) groups excluding carboxylic acids is 1. The Morgan fingerprint density at radius 3 is 2.76 bits per heavy atom. The molecule has 112 valence electrons. The summed E-state index contributed by atoms with van der Waals surface area (Å²) in [5.41, 5.74) is 3.54. The first-order valence-corrected chi connectivity index (χ1v) is 7.15. The minimum Gasteiger partial charge on any atom is -0.385 e. The molecule has 0 aliphatic rings. The van der Waals surface area contributed by atoms with Crippen LogP contribution in [0.1, 0.15) is 28.0 Å². The Labute approximate surface area is 125 Å². The average molecular weight is 286 g/mol. The number of methoxy groups -OCH3 is 1. The van der Waals surface area contributed by atoms with Crippen LogP contribution in [-0.2, 0) is 4.74 Å². The zero-order chi connectivity index (χ0) is 15.4. The summed E-state index contributed by atoms with van der Waals surface area (Å²) in [7, 11) is 3.49. The molecule has 1 heterocycles. The summed E-state index contributed by atoms with van der Waals surface area (Å²) in [4.78, 5) is 18.8. The first-order valence-electron chi connectivity index (χ1n) is 7.15. The number of rotatable bonds is 5. The molecule has 4 heteroatoms. The van der Waals surface area contributed by atoms with Crippen LogP contribution in [0.25, 0.3) is 10.9 Å². The van der Waals surface area contributed by atoms with Crippen LogP contribution in [0.4, 0.5) is 0 Å². The van der Waals surface area contributed by atoms with Gasteiger partial charge in [0.15, 0.2) is 0 Å². The predicted molar refractivity (Wildman–Crippen MR) is 84.7 cm³/mol. The van der Waals surface area contributed by atoms with E-state index in [9.17, 15) is 4.79 Å². The number of ether oxygens (including phenoxy) is 1. The monoisotopic (exact) mass is 286 g/mol. The first-order chi connectivity index (χ1) is 10.0. The second-order valence-corrected chi connectivity index (χ2v) is 5.39. The number of aryl methyl sites for hydroxylation is 2. The molecule has 0 N–H and O–H groups in total. The number of nitrogens with zero attached hydrogens (tertiary/aromatic N) is 2. The van der Waals surface area contributed by atoms with Gasteiger partial charge >= 0.3 is 0 Å². The molecule has 0 saturated carbocycles. The second-order valence-electron chi connectivity index (χ2n) is 5.39. The Balaban J connectivity index is 2.27. The zero-order valence-electron chi connectivity index (χ0n) is 13.1. The lowest BCUT2D eigenvalue weighted by molar-refractivity contribution is 0.0778. The molecule has 0 fully saturated rings. The lowest BCUT2D eigenvalue weighted by atomic mass is 10.1. The fraction of sp³-hybridized carbons (Fsp3) is 0.412. The molecule has 4 nitrogen and oxygen atoms in total. The van der Waals surface area contributed by atoms with Crippen molar-refractivity contribution < 1.29 is 9.53 Å². The molecule has 1 amide bonds. The predicted octanol–water partition coefficient (Wildman–Crippen LogP) is 2.96. The van der Waals surface area contributed by atoms with Crippen molar-refractivity contribution >= 4 is 16.8 Å². The van der Waals surface area contributed by atoms with E-state index in [0.29, 0.717) is 18.7 Å². The molecule has 2 aromatic rings. The van der Waals surface area contributed by atoms with Gasteiger partial charge in [-0.05, 0) is 38.5 Å². The molecule has 0 radical (unpaired) electrons. The number of aromatic nitrogens is 1. The quantitative estimate of drug-likeness (QED) is 0.794. The number of benzene rings is 1. The molecule has 1 aromatic heterocycles. The topological polar surface area (TPSA) is 42.4 Å². The molecule has 0 atom stereocenters. The number of hydrogen-bond acceptors (Lipinski definition) is 3. The van der Waals surface area contributed by atoms with Crippen LogP contribution >= 0.6 is 0 Å². The van der Waals surface area contributed by atoms with E-state index >= 15 is 0 Å². The van der Waals surface area contributed by atoms with Gasteiger partial charge in [0.05, 0.1) is 16.8 Å². The summed E-state index contributed by atoms with van der Waals surface area (Å²) in [6.45, 7) is 5.26. The molecule has 0 aliphatic carbocycles. The minimum absolute atomic E-state index is 0.0134. The van der Waals surface area contributed by atoms with Crippen molar-refractivity contribution in [1.82, 2.24) is 9.88 Å². The van der Waals surface area contributed by atoms with Gasteiger partial charge in [-0.15, -0.1) is 0 Å². The van der Waals surface area contributed by atoms with Gasteiger partial charge in [-0.2, -0.15) is 0 Å². The molecule has 2 rings (SSSR count). The van der Waals surface area contributed by atoms with Crippen LogP contribution in [0, 0.1) is 13.8 Å². The number of fused-ring (bicyclic) bond motifs is 1. The third kappa shape index (κ3) is 3.58. The van der Waals surface area contributed by atoms with Gasteiger partial charge < -0.3 is 9.64 Å². The summed E-state index contributed by atoms with van der Waals surface area (Å²) in [5.74, 6) is 0.0134. The van der Waals surface area contributed by atoms with E-state index in [0.717, 1.165) is 23.0 Å². The van der Waals surface area contributed by atoms with Crippen molar-refractivity contribution in [3.05, 3.63) is 41.1 Å². The van der Waals surface area contributed by atoms with E-state index in [1.165, 1.54) is 5.56 Å². The number of hydrogen-bond donors (Lipinski definition) is 0. The van der Waals surface area contributed by atoms with E-state index in [-0.39, 0.29) is 5.91 Å². The SMILES string of the molecule is COCCCN(C)C(=O)c1cc2cc(C)ccc2nc1C. The van der Waals surface area contributed by atoms with Crippen molar-refractivity contribution in [2.45, 2.75) is 20.3 Å². The lowest BCUT2D eigenvalue weighted by Crippen LogP contribution is -2.29. The lowest BCUT2D eigenvalue weighted by Gasteiger charge is -2.18. The summed E-state index contributed by atoms with van der Waals surface area (Å²) in [6, 6.07) is 8.03.